The number of hydrogen-bond donors (Lipinski definition) is 2. The molecule has 0 spiro atoms. The van der Waals surface area contributed by atoms with Crippen molar-refractivity contribution in [3.05, 3.63) is 0 Å². The summed E-state index contributed by atoms with van der Waals surface area (Å²) in [4.78, 5) is 10.7. The smallest absolute Gasteiger partial charge is 0.306 e. The number of carbonyl (C=O) groups is 1. The first-order valence-corrected chi connectivity index (χ1v) is 6.82. The molecule has 2 N–H and O–H groups in total. The zero-order valence-electron chi connectivity index (χ0n) is 9.42. The first kappa shape index (κ1) is 14.0. The molecule has 0 saturated carbocycles. The number of carboxylic acid groups (broad SMARTS) is 1. The molecule has 0 radical (unpaired) electrons. The average molecular weight is 260 g/mol. The van der Waals surface area contributed by atoms with Gasteiger partial charge in [0.15, 0.2) is 0 Å². The van der Waals surface area contributed by atoms with Gasteiger partial charge < -0.3 is 5.11 Å². The Morgan fingerprint density at radius 3 is 2.53 bits per heavy atom. The molecule has 0 amide bonds. The highest BCUT2D eigenvalue weighted by molar-refractivity contribution is 7.87. The first-order valence-electron chi connectivity index (χ1n) is 5.38. The van der Waals surface area contributed by atoms with Gasteiger partial charge in [-0.05, 0) is 12.8 Å². The van der Waals surface area contributed by atoms with E-state index in [0.29, 0.717) is 19.3 Å². The van der Waals surface area contributed by atoms with Crippen molar-refractivity contribution < 1.29 is 18.3 Å². The molecule has 0 aromatic carbocycles. The largest absolute Gasteiger partial charge is 0.481 e. The first-order chi connectivity index (χ1) is 7.97. The lowest BCUT2D eigenvalue weighted by molar-refractivity contribution is -0.142. The lowest BCUT2D eigenvalue weighted by Gasteiger charge is -2.29. The molecular weight excluding hydrogens is 244 g/mol. The Hall–Kier alpha value is -1.10. The minimum absolute atomic E-state index is 0.206. The zero-order chi connectivity index (χ0) is 12.9. The fourth-order valence-electron chi connectivity index (χ4n) is 1.69. The highest BCUT2D eigenvalue weighted by atomic mass is 32.2. The number of carboxylic acids is 1. The summed E-state index contributed by atoms with van der Waals surface area (Å²) < 4.78 is 27.1. The summed E-state index contributed by atoms with van der Waals surface area (Å²) in [6.07, 6.45) is 6.07. The molecule has 0 atom stereocenters. The molecular formula is C10H16N2O4S. The van der Waals surface area contributed by atoms with Crippen molar-refractivity contribution in [2.75, 3.05) is 19.6 Å². The summed E-state index contributed by atoms with van der Waals surface area (Å²) in [5.74, 6) is 1.05. The van der Waals surface area contributed by atoms with Gasteiger partial charge in [0.05, 0.1) is 5.92 Å². The SMILES string of the molecule is C#CCCNS(=O)(=O)N1CCC(C(=O)O)CC1. The van der Waals surface area contributed by atoms with E-state index < -0.39 is 22.1 Å². The van der Waals surface area contributed by atoms with E-state index in [1.807, 2.05) is 0 Å². The van der Waals surface area contributed by atoms with E-state index in [0.717, 1.165) is 0 Å². The Labute approximate surface area is 101 Å². The van der Waals surface area contributed by atoms with E-state index in [1.54, 1.807) is 0 Å². The molecule has 96 valence electrons. The summed E-state index contributed by atoms with van der Waals surface area (Å²) in [5, 5.41) is 8.79. The van der Waals surface area contributed by atoms with Gasteiger partial charge >= 0.3 is 5.97 Å². The molecule has 0 aromatic heterocycles. The lowest BCUT2D eigenvalue weighted by atomic mass is 9.99. The Morgan fingerprint density at radius 1 is 1.47 bits per heavy atom. The number of terminal acetylenes is 1. The second kappa shape index (κ2) is 6.00. The number of rotatable bonds is 5. The summed E-state index contributed by atoms with van der Waals surface area (Å²) in [6.45, 7) is 0.683. The minimum Gasteiger partial charge on any atom is -0.481 e. The second-order valence-corrected chi connectivity index (χ2v) is 5.62. The molecule has 1 saturated heterocycles. The van der Waals surface area contributed by atoms with Crippen molar-refractivity contribution >= 4 is 16.2 Å². The number of nitrogens with one attached hydrogen (secondary N) is 1. The maximum Gasteiger partial charge on any atom is 0.306 e. The number of aliphatic carboxylic acids is 1. The predicted molar refractivity (Wildman–Crippen MR) is 62.3 cm³/mol. The van der Waals surface area contributed by atoms with E-state index in [2.05, 4.69) is 10.6 Å². The van der Waals surface area contributed by atoms with Gasteiger partial charge in [-0.25, -0.2) is 4.72 Å². The van der Waals surface area contributed by atoms with Crippen LogP contribution in [0.2, 0.25) is 0 Å². The molecule has 1 fully saturated rings. The van der Waals surface area contributed by atoms with Gasteiger partial charge in [0.2, 0.25) is 0 Å². The molecule has 0 aromatic rings. The molecule has 0 unspecified atom stereocenters. The van der Waals surface area contributed by atoms with Gasteiger partial charge in [-0.3, -0.25) is 4.79 Å². The Balaban J connectivity index is 2.47. The molecule has 17 heavy (non-hydrogen) atoms. The Kier molecular flexibility index (Phi) is 4.93. The number of piperidine rings is 1. The van der Waals surface area contributed by atoms with Crippen LogP contribution in [0.25, 0.3) is 0 Å². The van der Waals surface area contributed by atoms with Gasteiger partial charge in [0.1, 0.15) is 0 Å². The summed E-state index contributed by atoms with van der Waals surface area (Å²) in [6, 6.07) is 0. The van der Waals surface area contributed by atoms with Crippen molar-refractivity contribution in [2.24, 2.45) is 5.92 Å². The second-order valence-electron chi connectivity index (χ2n) is 3.87. The maximum atomic E-state index is 11.7. The molecule has 1 heterocycles. The van der Waals surface area contributed by atoms with Crippen LogP contribution in [-0.4, -0.2) is 43.4 Å². The average Bonchev–Trinajstić information content (AvgIpc) is 2.29. The zero-order valence-corrected chi connectivity index (χ0v) is 10.2. The van der Waals surface area contributed by atoms with Crippen LogP contribution in [0.4, 0.5) is 0 Å². The molecule has 1 rings (SSSR count). The summed E-state index contributed by atoms with van der Waals surface area (Å²) >= 11 is 0. The molecule has 1 aliphatic heterocycles. The van der Waals surface area contributed by atoms with Gasteiger partial charge in [0.25, 0.3) is 10.2 Å². The van der Waals surface area contributed by atoms with Crippen molar-refractivity contribution in [1.29, 1.82) is 0 Å². The quantitative estimate of drug-likeness (QED) is 0.522. The van der Waals surface area contributed by atoms with Crippen LogP contribution in [0, 0.1) is 18.3 Å². The fourth-order valence-corrected chi connectivity index (χ4v) is 2.92. The van der Waals surface area contributed by atoms with Crippen LogP contribution in [0.15, 0.2) is 0 Å². The van der Waals surface area contributed by atoms with E-state index in [1.165, 1.54) is 4.31 Å². The van der Waals surface area contributed by atoms with Crippen molar-refractivity contribution in [2.45, 2.75) is 19.3 Å². The van der Waals surface area contributed by atoms with Crippen LogP contribution >= 0.6 is 0 Å². The molecule has 0 aliphatic carbocycles. The topological polar surface area (TPSA) is 86.7 Å². The van der Waals surface area contributed by atoms with Crippen LogP contribution in [0.3, 0.4) is 0 Å². The molecule has 6 nitrogen and oxygen atoms in total. The molecule has 7 heteroatoms. The normalized spacial score (nSPS) is 18.8. The third-order valence-corrected chi connectivity index (χ3v) is 4.31. The Bertz CT molecular complexity index is 405. The standard InChI is InChI=1S/C10H16N2O4S/c1-2-3-6-11-17(15,16)12-7-4-9(5-8-12)10(13)14/h1,9,11H,3-8H2,(H,13,14). The van der Waals surface area contributed by atoms with Gasteiger partial charge in [-0.1, -0.05) is 0 Å². The van der Waals surface area contributed by atoms with Crippen LogP contribution < -0.4 is 4.72 Å². The van der Waals surface area contributed by atoms with E-state index in [-0.39, 0.29) is 19.6 Å². The van der Waals surface area contributed by atoms with Crippen LogP contribution in [0.5, 0.6) is 0 Å². The maximum absolute atomic E-state index is 11.7. The summed E-state index contributed by atoms with van der Waals surface area (Å²) in [5.41, 5.74) is 0. The van der Waals surface area contributed by atoms with Crippen molar-refractivity contribution in [1.82, 2.24) is 9.03 Å². The van der Waals surface area contributed by atoms with E-state index in [9.17, 15) is 13.2 Å². The summed E-state index contributed by atoms with van der Waals surface area (Å²) in [7, 11) is -3.51. The highest BCUT2D eigenvalue weighted by Gasteiger charge is 2.30. The van der Waals surface area contributed by atoms with Crippen LogP contribution in [-0.2, 0) is 15.0 Å². The number of nitrogens with zero attached hydrogens (tertiary/aromatic N) is 1. The van der Waals surface area contributed by atoms with Gasteiger partial charge in [-0.15, -0.1) is 12.3 Å². The molecule has 1 aliphatic rings. The van der Waals surface area contributed by atoms with Crippen LogP contribution in [0.1, 0.15) is 19.3 Å². The van der Waals surface area contributed by atoms with Crippen molar-refractivity contribution in [3.8, 4) is 12.3 Å². The Morgan fingerprint density at radius 2 is 2.06 bits per heavy atom. The fraction of sp³-hybridized carbons (Fsp3) is 0.700. The van der Waals surface area contributed by atoms with Gasteiger partial charge in [-0.2, -0.15) is 12.7 Å². The van der Waals surface area contributed by atoms with E-state index in [4.69, 9.17) is 11.5 Å². The highest BCUT2D eigenvalue weighted by Crippen LogP contribution is 2.18. The van der Waals surface area contributed by atoms with Crippen molar-refractivity contribution in [3.63, 3.8) is 0 Å². The number of hydrogen-bond acceptors (Lipinski definition) is 3. The monoisotopic (exact) mass is 260 g/mol. The third-order valence-electron chi connectivity index (χ3n) is 2.70. The van der Waals surface area contributed by atoms with Gasteiger partial charge in [0, 0.05) is 26.1 Å². The predicted octanol–water partition coefficient (Wildman–Crippen LogP) is -0.359. The molecule has 0 bridgehead atoms. The third kappa shape index (κ3) is 4.00. The van der Waals surface area contributed by atoms with E-state index >= 15 is 0 Å². The minimum atomic E-state index is -3.51. The lowest BCUT2D eigenvalue weighted by Crippen LogP contribution is -2.46.